The second-order valence-electron chi connectivity index (χ2n) is 19.7. The lowest BCUT2D eigenvalue weighted by Crippen LogP contribution is -2.60. The standard InChI is InChI=1S/C56H41BN2O2S/c1-55(2,3)30-19-22-32(23-20-30)59-42-29-48-37(34-14-9-12-18-47(34)62-48)26-39(42)51-52-53-49(50-35-15-8-11-17-45(35)61-54(50)51)38-25-31(56(4,5)6)21-24-41(38)58(53)43-28-46-36(27-40(43)57(52)59)33-13-7-10-16-44(33)60-46/h7-29H,1-6H3. The number of thiophene rings is 1. The van der Waals surface area contributed by atoms with E-state index in [9.17, 15) is 0 Å². The maximum absolute atomic E-state index is 7.28. The van der Waals surface area contributed by atoms with Crippen LogP contribution in [0.2, 0.25) is 0 Å². The first-order valence-corrected chi connectivity index (χ1v) is 22.6. The molecule has 0 saturated carbocycles. The van der Waals surface area contributed by atoms with Crippen molar-refractivity contribution in [1.29, 1.82) is 0 Å². The van der Waals surface area contributed by atoms with Gasteiger partial charge in [-0.1, -0.05) is 120 Å². The van der Waals surface area contributed by atoms with Gasteiger partial charge in [-0.3, -0.25) is 0 Å². The first kappa shape index (κ1) is 34.9. The summed E-state index contributed by atoms with van der Waals surface area (Å²) >= 11 is 1.88. The lowest BCUT2D eigenvalue weighted by Gasteiger charge is -2.42. The molecule has 2 aliphatic heterocycles. The van der Waals surface area contributed by atoms with Gasteiger partial charge in [0.15, 0.2) is 0 Å². The normalized spacial score (nSPS) is 13.9. The fraction of sp³-hybridized carbons (Fsp3) is 0.143. The third-order valence-corrected chi connectivity index (χ3v) is 15.2. The van der Waals surface area contributed by atoms with E-state index in [0.29, 0.717) is 0 Å². The fourth-order valence-corrected chi connectivity index (χ4v) is 12.2. The van der Waals surface area contributed by atoms with Gasteiger partial charge in [0.1, 0.15) is 22.3 Å². The quantitative estimate of drug-likeness (QED) is 0.155. The summed E-state index contributed by atoms with van der Waals surface area (Å²) in [7, 11) is 0. The summed E-state index contributed by atoms with van der Waals surface area (Å²) in [5, 5.41) is 9.65. The monoisotopic (exact) mass is 816 g/mol. The smallest absolute Gasteiger partial charge is 0.333 e. The lowest BCUT2D eigenvalue weighted by atomic mass is 9.43. The van der Waals surface area contributed by atoms with E-state index in [1.807, 2.05) is 11.3 Å². The van der Waals surface area contributed by atoms with Crippen LogP contribution >= 0.6 is 11.3 Å². The topological polar surface area (TPSA) is 34.5 Å². The Labute approximate surface area is 362 Å². The summed E-state index contributed by atoms with van der Waals surface area (Å²) < 4.78 is 19.2. The molecule has 0 fully saturated rings. The number of nitrogens with zero attached hydrogens (tertiary/aromatic N) is 2. The Morgan fingerprint density at radius 2 is 1.21 bits per heavy atom. The van der Waals surface area contributed by atoms with Crippen molar-refractivity contribution in [2.24, 2.45) is 0 Å². The van der Waals surface area contributed by atoms with Gasteiger partial charge in [-0.2, -0.15) is 0 Å². The molecular formula is C56H41BN2O2S. The zero-order valence-corrected chi connectivity index (χ0v) is 36.3. The Hall–Kier alpha value is -6.76. The number of anilines is 2. The van der Waals surface area contributed by atoms with E-state index < -0.39 is 0 Å². The molecule has 0 unspecified atom stereocenters. The predicted octanol–water partition coefficient (Wildman–Crippen LogP) is 14.8. The van der Waals surface area contributed by atoms with E-state index in [2.05, 4.69) is 190 Å². The minimum Gasteiger partial charge on any atom is -0.456 e. The van der Waals surface area contributed by atoms with Crippen molar-refractivity contribution in [3.05, 3.63) is 151 Å². The third kappa shape index (κ3) is 4.42. The van der Waals surface area contributed by atoms with Crippen molar-refractivity contribution in [3.63, 3.8) is 0 Å². The van der Waals surface area contributed by atoms with E-state index in [4.69, 9.17) is 8.83 Å². The highest BCUT2D eigenvalue weighted by molar-refractivity contribution is 7.25. The van der Waals surface area contributed by atoms with Gasteiger partial charge < -0.3 is 18.2 Å². The van der Waals surface area contributed by atoms with E-state index >= 15 is 0 Å². The van der Waals surface area contributed by atoms with Gasteiger partial charge in [-0.15, -0.1) is 11.3 Å². The van der Waals surface area contributed by atoms with Gasteiger partial charge in [0.05, 0.1) is 11.0 Å². The van der Waals surface area contributed by atoms with E-state index in [-0.39, 0.29) is 17.7 Å². The van der Waals surface area contributed by atoms with Gasteiger partial charge in [0, 0.05) is 86.7 Å². The van der Waals surface area contributed by atoms with Crippen molar-refractivity contribution in [3.8, 4) is 16.8 Å². The zero-order chi connectivity index (χ0) is 41.6. The lowest BCUT2D eigenvalue weighted by molar-refractivity contribution is 0.590. The molecule has 4 nitrogen and oxygen atoms in total. The average molecular weight is 817 g/mol. The van der Waals surface area contributed by atoms with Crippen LogP contribution in [0.3, 0.4) is 0 Å². The van der Waals surface area contributed by atoms with Gasteiger partial charge in [0.25, 0.3) is 0 Å². The first-order chi connectivity index (χ1) is 30.0. The van der Waals surface area contributed by atoms with Crippen LogP contribution in [0.1, 0.15) is 52.7 Å². The molecule has 6 heteroatoms. The van der Waals surface area contributed by atoms with Gasteiger partial charge in [-0.05, 0) is 87.5 Å². The molecule has 14 rings (SSSR count). The summed E-state index contributed by atoms with van der Waals surface area (Å²) in [6, 6.07) is 52.2. The molecule has 0 atom stereocenters. The van der Waals surface area contributed by atoms with Crippen LogP contribution in [0.5, 0.6) is 0 Å². The number of hydrogen-bond donors (Lipinski definition) is 0. The van der Waals surface area contributed by atoms with E-state index in [0.717, 1.165) is 49.9 Å². The van der Waals surface area contributed by atoms with Crippen LogP contribution in [-0.2, 0) is 10.8 Å². The second kappa shape index (κ2) is 11.6. The molecular weight excluding hydrogens is 776 g/mol. The third-order valence-electron chi connectivity index (χ3n) is 14.1. The molecule has 2 aliphatic rings. The van der Waals surface area contributed by atoms with Crippen LogP contribution in [0.4, 0.5) is 11.4 Å². The number of para-hydroxylation sites is 2. The van der Waals surface area contributed by atoms with Gasteiger partial charge >= 0.3 is 6.85 Å². The van der Waals surface area contributed by atoms with Crippen LogP contribution < -0.4 is 15.7 Å². The molecule has 62 heavy (non-hydrogen) atoms. The Bertz CT molecular complexity index is 3960. The van der Waals surface area contributed by atoms with Crippen molar-refractivity contribution >= 4 is 126 Å². The maximum Gasteiger partial charge on any atom is 0.333 e. The van der Waals surface area contributed by atoms with Crippen molar-refractivity contribution in [2.75, 3.05) is 4.81 Å². The number of fused-ring (bicyclic) bond motifs is 19. The molecule has 0 saturated heterocycles. The number of rotatable bonds is 1. The van der Waals surface area contributed by atoms with E-state index in [1.54, 1.807) is 0 Å². The molecule has 0 amide bonds. The number of aromatic nitrogens is 1. The van der Waals surface area contributed by atoms with Crippen molar-refractivity contribution < 1.29 is 8.83 Å². The number of hydrogen-bond acceptors (Lipinski definition) is 4. The van der Waals surface area contributed by atoms with Crippen molar-refractivity contribution in [1.82, 2.24) is 4.57 Å². The highest BCUT2D eigenvalue weighted by Crippen LogP contribution is 2.53. The molecule has 0 radical (unpaired) electrons. The first-order valence-electron chi connectivity index (χ1n) is 21.8. The minimum atomic E-state index is -0.183. The Morgan fingerprint density at radius 3 is 1.98 bits per heavy atom. The fourth-order valence-electron chi connectivity index (χ4n) is 11.1. The molecule has 4 aromatic heterocycles. The summed E-state index contributed by atoms with van der Waals surface area (Å²) in [6.45, 7) is 13.6. The minimum absolute atomic E-state index is 0.0193. The zero-order valence-electron chi connectivity index (χ0n) is 35.5. The molecule has 6 heterocycles. The molecule has 0 bridgehead atoms. The van der Waals surface area contributed by atoms with Gasteiger partial charge in [-0.25, -0.2) is 0 Å². The predicted molar refractivity (Wildman–Crippen MR) is 265 cm³/mol. The highest BCUT2D eigenvalue weighted by Gasteiger charge is 2.46. The molecule has 8 aromatic carbocycles. The summed E-state index contributed by atoms with van der Waals surface area (Å²) in [6.07, 6.45) is 0. The Balaban J connectivity index is 1.24. The summed E-state index contributed by atoms with van der Waals surface area (Å²) in [5.74, 6) is 0. The average Bonchev–Trinajstić information content (AvgIpc) is 4.02. The molecule has 0 spiro atoms. The SMILES string of the molecule is CC(C)(C)c1ccc(N2B3c4cc5c(cc4-n4c6ccc(C(C)(C)C)cc6c6c7c(oc8ccccc87)c(c3c64)-c3cc4c(cc32)sc2ccccc24)oc2ccccc25)cc1. The van der Waals surface area contributed by atoms with Gasteiger partial charge in [0.2, 0.25) is 0 Å². The van der Waals surface area contributed by atoms with Crippen LogP contribution in [-0.4, -0.2) is 11.4 Å². The maximum atomic E-state index is 7.28. The highest BCUT2D eigenvalue weighted by atomic mass is 32.1. The van der Waals surface area contributed by atoms with Crippen LogP contribution in [0.15, 0.2) is 148 Å². The summed E-state index contributed by atoms with van der Waals surface area (Å²) in [5.41, 5.74) is 17.1. The van der Waals surface area contributed by atoms with Crippen LogP contribution in [0, 0.1) is 0 Å². The molecule has 12 aromatic rings. The molecule has 296 valence electrons. The van der Waals surface area contributed by atoms with Crippen molar-refractivity contribution in [2.45, 2.75) is 52.4 Å². The van der Waals surface area contributed by atoms with E-state index in [1.165, 1.54) is 86.2 Å². The second-order valence-corrected chi connectivity index (χ2v) is 20.8. The number of benzene rings is 8. The molecule has 0 N–H and O–H groups in total. The summed E-state index contributed by atoms with van der Waals surface area (Å²) in [4.78, 5) is 2.65. The molecule has 0 aliphatic carbocycles. The Kier molecular flexibility index (Phi) is 6.52. The number of furan rings is 2. The Morgan fingerprint density at radius 1 is 0.516 bits per heavy atom. The largest absolute Gasteiger partial charge is 0.456 e. The van der Waals surface area contributed by atoms with Crippen LogP contribution in [0.25, 0.3) is 103 Å².